The van der Waals surface area contributed by atoms with Gasteiger partial charge in [0.15, 0.2) is 0 Å². The third-order valence-electron chi connectivity index (χ3n) is 3.09. The zero-order chi connectivity index (χ0) is 16.0. The Balaban J connectivity index is 2.78. The number of nitrogens with zero attached hydrogens (tertiary/aromatic N) is 2. The van der Waals surface area contributed by atoms with Gasteiger partial charge >= 0.3 is 0 Å². The maximum atomic E-state index is 13.8. The molecule has 0 saturated carbocycles. The highest BCUT2D eigenvalue weighted by atomic mass is 19.1. The van der Waals surface area contributed by atoms with E-state index < -0.39 is 11.6 Å². The van der Waals surface area contributed by atoms with Crippen LogP contribution in [0.1, 0.15) is 23.7 Å². The Morgan fingerprint density at radius 3 is 2.19 bits per heavy atom. The lowest BCUT2D eigenvalue weighted by Crippen LogP contribution is -2.30. The molecule has 0 unspecified atom stereocenters. The van der Waals surface area contributed by atoms with E-state index in [0.29, 0.717) is 13.1 Å². The molecule has 0 aliphatic carbocycles. The maximum Gasteiger partial charge on any atom is 0.253 e. The Bertz CT molecular complexity index is 469. The highest BCUT2D eigenvalue weighted by Crippen LogP contribution is 2.21. The minimum absolute atomic E-state index is 0.0269. The van der Waals surface area contributed by atoms with Gasteiger partial charge in [-0.25, -0.2) is 8.78 Å². The molecular weight excluding hydrogens is 276 g/mol. The molecule has 0 aromatic heterocycles. The third kappa shape index (κ3) is 4.97. The molecule has 21 heavy (non-hydrogen) atoms. The molecule has 4 nitrogen and oxygen atoms in total. The largest absolute Gasteiger partial charge is 0.381 e. The molecule has 1 amide bonds. The quantitative estimate of drug-likeness (QED) is 0.840. The first-order chi connectivity index (χ1) is 9.86. The van der Waals surface area contributed by atoms with Gasteiger partial charge in [0.1, 0.15) is 17.3 Å². The van der Waals surface area contributed by atoms with Crippen LogP contribution in [0.5, 0.6) is 0 Å². The van der Waals surface area contributed by atoms with Gasteiger partial charge in [0.05, 0.1) is 0 Å². The number of amides is 1. The van der Waals surface area contributed by atoms with Gasteiger partial charge in [-0.15, -0.1) is 0 Å². The summed E-state index contributed by atoms with van der Waals surface area (Å²) >= 11 is 0. The number of carbonyl (C=O) groups excluding carboxylic acids is 1. The number of halogens is 2. The van der Waals surface area contributed by atoms with Gasteiger partial charge in [-0.05, 0) is 46.1 Å². The van der Waals surface area contributed by atoms with Gasteiger partial charge in [-0.1, -0.05) is 0 Å². The van der Waals surface area contributed by atoms with Crippen LogP contribution >= 0.6 is 0 Å². The van der Waals surface area contributed by atoms with Crippen molar-refractivity contribution in [3.63, 3.8) is 0 Å². The molecule has 118 valence electrons. The molecule has 0 aliphatic rings. The maximum absolute atomic E-state index is 13.8. The summed E-state index contributed by atoms with van der Waals surface area (Å²) in [6, 6.07) is 2.15. The van der Waals surface area contributed by atoms with Crippen molar-refractivity contribution in [2.24, 2.45) is 0 Å². The van der Waals surface area contributed by atoms with E-state index in [-0.39, 0.29) is 17.2 Å². The van der Waals surface area contributed by atoms with E-state index in [4.69, 9.17) is 0 Å². The van der Waals surface area contributed by atoms with E-state index in [0.717, 1.165) is 25.1 Å². The molecule has 6 heteroatoms. The van der Waals surface area contributed by atoms with Crippen LogP contribution in [0.2, 0.25) is 0 Å². The summed E-state index contributed by atoms with van der Waals surface area (Å²) in [5.41, 5.74) is -0.164. The van der Waals surface area contributed by atoms with Gasteiger partial charge in [0.25, 0.3) is 5.91 Å². The van der Waals surface area contributed by atoms with Crippen molar-refractivity contribution in [3.05, 3.63) is 29.3 Å². The second-order valence-corrected chi connectivity index (χ2v) is 5.23. The molecule has 0 bridgehead atoms. The van der Waals surface area contributed by atoms with E-state index in [2.05, 4.69) is 5.32 Å². The predicted molar refractivity (Wildman–Crippen MR) is 80.7 cm³/mol. The highest BCUT2D eigenvalue weighted by Gasteiger charge is 2.17. The van der Waals surface area contributed by atoms with Gasteiger partial charge in [-0.3, -0.25) is 4.79 Å². The van der Waals surface area contributed by atoms with E-state index in [1.807, 2.05) is 19.0 Å². The summed E-state index contributed by atoms with van der Waals surface area (Å²) in [6.45, 7) is 3.54. The van der Waals surface area contributed by atoms with Crippen LogP contribution in [0, 0.1) is 11.6 Å². The summed E-state index contributed by atoms with van der Waals surface area (Å²) in [5.74, 6) is -1.88. The zero-order valence-electron chi connectivity index (χ0n) is 13.0. The van der Waals surface area contributed by atoms with Crippen molar-refractivity contribution in [3.8, 4) is 0 Å². The number of benzene rings is 1. The number of hydrogen-bond donors (Lipinski definition) is 1. The normalized spacial score (nSPS) is 10.8. The number of hydrogen-bond acceptors (Lipinski definition) is 3. The number of carbonyl (C=O) groups is 1. The molecule has 1 aromatic rings. The number of anilines is 1. The van der Waals surface area contributed by atoms with E-state index in [9.17, 15) is 13.6 Å². The van der Waals surface area contributed by atoms with Crippen molar-refractivity contribution in [2.75, 3.05) is 46.1 Å². The van der Waals surface area contributed by atoms with Gasteiger partial charge in [0.2, 0.25) is 0 Å². The van der Waals surface area contributed by atoms with Crippen LogP contribution in [0.3, 0.4) is 0 Å². The Hall–Kier alpha value is -1.69. The van der Waals surface area contributed by atoms with Crippen LogP contribution in [0.4, 0.5) is 14.5 Å². The first kappa shape index (κ1) is 17.4. The lowest BCUT2D eigenvalue weighted by Gasteiger charge is -2.19. The average molecular weight is 299 g/mol. The highest BCUT2D eigenvalue weighted by molar-refractivity contribution is 5.94. The van der Waals surface area contributed by atoms with E-state index in [1.165, 1.54) is 4.90 Å². The molecular formula is C15H23F2N3O. The van der Waals surface area contributed by atoms with Gasteiger partial charge in [-0.2, -0.15) is 0 Å². The molecule has 1 rings (SSSR count). The predicted octanol–water partition coefficient (Wildman–Crippen LogP) is 2.42. The third-order valence-corrected chi connectivity index (χ3v) is 3.09. The molecule has 0 heterocycles. The molecule has 0 radical (unpaired) electrons. The molecule has 0 atom stereocenters. The molecule has 0 aliphatic heterocycles. The molecule has 0 spiro atoms. The molecule has 0 fully saturated rings. The van der Waals surface area contributed by atoms with Gasteiger partial charge < -0.3 is 15.1 Å². The Morgan fingerprint density at radius 1 is 1.14 bits per heavy atom. The van der Waals surface area contributed by atoms with Crippen molar-refractivity contribution >= 4 is 11.6 Å². The van der Waals surface area contributed by atoms with Crippen LogP contribution in [-0.4, -0.2) is 56.5 Å². The Kier molecular flexibility index (Phi) is 6.55. The fraction of sp³-hybridized carbons (Fsp3) is 0.533. The lowest BCUT2D eigenvalue weighted by molar-refractivity contribution is 0.0789. The van der Waals surface area contributed by atoms with Crippen LogP contribution in [0.15, 0.2) is 12.1 Å². The zero-order valence-corrected chi connectivity index (χ0v) is 13.0. The van der Waals surface area contributed by atoms with E-state index in [1.54, 1.807) is 14.0 Å². The summed E-state index contributed by atoms with van der Waals surface area (Å²) < 4.78 is 27.6. The smallest absolute Gasteiger partial charge is 0.253 e. The Morgan fingerprint density at radius 2 is 1.71 bits per heavy atom. The van der Waals surface area contributed by atoms with E-state index >= 15 is 0 Å². The summed E-state index contributed by atoms with van der Waals surface area (Å²) in [6.07, 6.45) is 0.801. The molecule has 1 N–H and O–H groups in total. The first-order valence-corrected chi connectivity index (χ1v) is 7.00. The number of nitrogens with one attached hydrogen (secondary N) is 1. The summed E-state index contributed by atoms with van der Waals surface area (Å²) in [7, 11) is 5.53. The second-order valence-electron chi connectivity index (χ2n) is 5.23. The monoisotopic (exact) mass is 299 g/mol. The minimum atomic E-state index is -0.748. The second kappa shape index (κ2) is 7.93. The molecule has 0 saturated heterocycles. The van der Waals surface area contributed by atoms with Crippen molar-refractivity contribution < 1.29 is 13.6 Å². The van der Waals surface area contributed by atoms with Crippen molar-refractivity contribution in [1.29, 1.82) is 0 Å². The lowest BCUT2D eigenvalue weighted by atomic mass is 10.1. The minimum Gasteiger partial charge on any atom is -0.381 e. The topological polar surface area (TPSA) is 35.6 Å². The van der Waals surface area contributed by atoms with Crippen LogP contribution in [0.25, 0.3) is 0 Å². The number of rotatable bonds is 7. The first-order valence-electron chi connectivity index (χ1n) is 7.00. The van der Waals surface area contributed by atoms with Crippen molar-refractivity contribution in [2.45, 2.75) is 13.3 Å². The fourth-order valence-corrected chi connectivity index (χ4v) is 1.99. The van der Waals surface area contributed by atoms with Crippen molar-refractivity contribution in [1.82, 2.24) is 9.80 Å². The standard InChI is InChI=1S/C15H23F2N3O/c1-5-18-14-12(16)9-11(10-13(14)17)15(21)20(4)8-6-7-19(2)3/h9-10,18H,5-8H2,1-4H3. The van der Waals surface area contributed by atoms with Crippen LogP contribution < -0.4 is 5.32 Å². The molecule has 1 aromatic carbocycles. The average Bonchev–Trinajstić information content (AvgIpc) is 2.41. The Labute approximate surface area is 124 Å². The fourth-order valence-electron chi connectivity index (χ4n) is 1.99. The van der Waals surface area contributed by atoms with Crippen LogP contribution in [-0.2, 0) is 0 Å². The SMILES string of the molecule is CCNc1c(F)cc(C(=O)N(C)CCCN(C)C)cc1F. The van der Waals surface area contributed by atoms with Gasteiger partial charge in [0, 0.05) is 25.7 Å². The summed E-state index contributed by atoms with van der Waals surface area (Å²) in [4.78, 5) is 15.6. The summed E-state index contributed by atoms with van der Waals surface area (Å²) in [5, 5.41) is 2.61.